The molecule has 2 aromatic heterocycles. The second-order valence-corrected chi connectivity index (χ2v) is 8.36. The highest BCUT2D eigenvalue weighted by Gasteiger charge is 2.29. The molecule has 0 unspecified atom stereocenters. The van der Waals surface area contributed by atoms with Crippen LogP contribution in [-0.2, 0) is 9.53 Å². The highest BCUT2D eigenvalue weighted by molar-refractivity contribution is 6.33. The van der Waals surface area contributed by atoms with E-state index >= 15 is 0 Å². The number of pyridine rings is 1. The predicted molar refractivity (Wildman–Crippen MR) is 117 cm³/mol. The van der Waals surface area contributed by atoms with Gasteiger partial charge in [-0.2, -0.15) is 0 Å². The van der Waals surface area contributed by atoms with Crippen molar-refractivity contribution in [3.63, 3.8) is 0 Å². The number of alkyl halides is 1. The van der Waals surface area contributed by atoms with Crippen molar-refractivity contribution in [2.75, 3.05) is 43.6 Å². The Morgan fingerprint density at radius 1 is 1.26 bits per heavy atom. The van der Waals surface area contributed by atoms with Crippen LogP contribution in [0, 0.1) is 11.8 Å². The molecule has 0 aliphatic carbocycles. The van der Waals surface area contributed by atoms with Crippen molar-refractivity contribution in [3.8, 4) is 11.3 Å². The van der Waals surface area contributed by atoms with Gasteiger partial charge in [0, 0.05) is 44.1 Å². The summed E-state index contributed by atoms with van der Waals surface area (Å²) >= 11 is 6.35. The van der Waals surface area contributed by atoms with E-state index in [1.165, 1.54) is 6.20 Å². The Kier molecular flexibility index (Phi) is 7.26. The van der Waals surface area contributed by atoms with Gasteiger partial charge in [-0.1, -0.05) is 11.6 Å². The molecule has 0 bridgehead atoms. The van der Waals surface area contributed by atoms with E-state index in [1.54, 1.807) is 18.5 Å². The number of ether oxygens (including phenoxy) is 1. The highest BCUT2D eigenvalue weighted by Crippen LogP contribution is 2.29. The second kappa shape index (κ2) is 10.3. The first-order valence-corrected chi connectivity index (χ1v) is 10.9. The Morgan fingerprint density at radius 3 is 2.87 bits per heavy atom. The molecule has 2 aliphatic heterocycles. The van der Waals surface area contributed by atoms with Gasteiger partial charge in [-0.3, -0.25) is 9.78 Å². The number of hydrogen-bond acceptors (Lipinski definition) is 7. The molecule has 4 rings (SSSR count). The number of halogens is 2. The van der Waals surface area contributed by atoms with Crippen LogP contribution in [0.2, 0.25) is 5.02 Å². The highest BCUT2D eigenvalue weighted by atomic mass is 35.5. The van der Waals surface area contributed by atoms with Gasteiger partial charge in [0.05, 0.1) is 29.0 Å². The number of carbonyl (C=O) groups excluding carboxylic acids is 1. The van der Waals surface area contributed by atoms with Gasteiger partial charge in [0.2, 0.25) is 5.91 Å². The van der Waals surface area contributed by atoms with Crippen LogP contribution in [0.15, 0.2) is 24.7 Å². The average molecular weight is 449 g/mol. The maximum absolute atomic E-state index is 12.8. The lowest BCUT2D eigenvalue weighted by Crippen LogP contribution is -2.25. The second-order valence-electron chi connectivity index (χ2n) is 7.96. The zero-order valence-corrected chi connectivity index (χ0v) is 17.9. The summed E-state index contributed by atoms with van der Waals surface area (Å²) in [5.74, 6) is 1.10. The molecule has 10 heteroatoms. The van der Waals surface area contributed by atoms with Crippen molar-refractivity contribution in [2.45, 2.75) is 25.3 Å². The van der Waals surface area contributed by atoms with Crippen LogP contribution in [0.1, 0.15) is 19.3 Å². The molecule has 2 saturated heterocycles. The van der Waals surface area contributed by atoms with Gasteiger partial charge in [0.1, 0.15) is 18.3 Å². The Bertz CT molecular complexity index is 911. The van der Waals surface area contributed by atoms with Crippen molar-refractivity contribution < 1.29 is 13.9 Å². The summed E-state index contributed by atoms with van der Waals surface area (Å²) in [6.07, 6.45) is 7.31. The van der Waals surface area contributed by atoms with E-state index in [9.17, 15) is 9.18 Å². The van der Waals surface area contributed by atoms with E-state index in [1.807, 2.05) is 0 Å². The fraction of sp³-hybridized carbons (Fsp3) is 0.524. The Balaban J connectivity index is 1.43. The summed E-state index contributed by atoms with van der Waals surface area (Å²) in [6.45, 7) is 2.37. The number of nitrogens with zero attached hydrogens (tertiary/aromatic N) is 3. The van der Waals surface area contributed by atoms with E-state index in [0.717, 1.165) is 32.6 Å². The van der Waals surface area contributed by atoms with Crippen LogP contribution in [0.5, 0.6) is 0 Å². The quantitative estimate of drug-likeness (QED) is 0.598. The lowest BCUT2D eigenvalue weighted by Gasteiger charge is -2.22. The minimum absolute atomic E-state index is 0.192. The number of carbonyl (C=O) groups is 1. The molecule has 0 saturated carbocycles. The molecule has 0 spiro atoms. The van der Waals surface area contributed by atoms with E-state index in [4.69, 9.17) is 16.3 Å². The van der Waals surface area contributed by atoms with Gasteiger partial charge in [-0.15, -0.1) is 0 Å². The Hall–Kier alpha value is -2.36. The largest absolute Gasteiger partial charge is 0.381 e. The molecule has 4 heterocycles. The molecule has 2 fully saturated rings. The topological polar surface area (TPSA) is 101 Å². The Labute approximate surface area is 185 Å². The smallest absolute Gasteiger partial charge is 0.229 e. The first-order chi connectivity index (χ1) is 15.1. The van der Waals surface area contributed by atoms with E-state index in [0.29, 0.717) is 46.8 Å². The van der Waals surface area contributed by atoms with Gasteiger partial charge in [-0.05, 0) is 31.2 Å². The number of aromatic nitrogens is 3. The first kappa shape index (κ1) is 21.9. The normalized spacial score (nSPS) is 21.7. The summed E-state index contributed by atoms with van der Waals surface area (Å²) in [7, 11) is 0. The molecule has 0 radical (unpaired) electrons. The van der Waals surface area contributed by atoms with Crippen molar-refractivity contribution in [1.29, 1.82) is 0 Å². The minimum Gasteiger partial charge on any atom is -0.381 e. The summed E-state index contributed by atoms with van der Waals surface area (Å²) in [5, 5.41) is 9.56. The van der Waals surface area contributed by atoms with Gasteiger partial charge >= 0.3 is 0 Å². The fourth-order valence-electron chi connectivity index (χ4n) is 3.85. The predicted octanol–water partition coefficient (Wildman–Crippen LogP) is 2.92. The lowest BCUT2D eigenvalue weighted by molar-refractivity contribution is -0.119. The van der Waals surface area contributed by atoms with Crippen molar-refractivity contribution in [3.05, 3.63) is 29.7 Å². The van der Waals surface area contributed by atoms with E-state index < -0.39 is 6.67 Å². The number of rotatable bonds is 7. The summed E-state index contributed by atoms with van der Waals surface area (Å²) in [5.41, 5.74) is 1.21. The third-order valence-electron chi connectivity index (χ3n) is 5.71. The van der Waals surface area contributed by atoms with Gasteiger partial charge in [-0.25, -0.2) is 14.4 Å². The van der Waals surface area contributed by atoms with Crippen molar-refractivity contribution >= 4 is 29.1 Å². The van der Waals surface area contributed by atoms with Crippen LogP contribution in [0.3, 0.4) is 0 Å². The molecule has 166 valence electrons. The number of amides is 1. The van der Waals surface area contributed by atoms with E-state index in [2.05, 4.69) is 30.9 Å². The monoisotopic (exact) mass is 448 g/mol. The van der Waals surface area contributed by atoms with Crippen LogP contribution in [-0.4, -0.2) is 59.9 Å². The number of nitrogens with one attached hydrogen (secondary N) is 3. The zero-order valence-electron chi connectivity index (χ0n) is 17.1. The molecule has 0 aromatic carbocycles. The molecule has 2 aromatic rings. The molecule has 3 N–H and O–H groups in total. The molecule has 8 nitrogen and oxygen atoms in total. The van der Waals surface area contributed by atoms with Crippen molar-refractivity contribution in [1.82, 2.24) is 20.3 Å². The van der Waals surface area contributed by atoms with Gasteiger partial charge in [0.25, 0.3) is 0 Å². The summed E-state index contributed by atoms with van der Waals surface area (Å²) < 4.78 is 18.2. The third kappa shape index (κ3) is 5.66. The van der Waals surface area contributed by atoms with Crippen LogP contribution in [0.4, 0.5) is 16.0 Å². The molecule has 2 atom stereocenters. The van der Waals surface area contributed by atoms with Crippen LogP contribution in [0.25, 0.3) is 11.3 Å². The lowest BCUT2D eigenvalue weighted by atomic mass is 10.0. The maximum atomic E-state index is 12.8. The minimum atomic E-state index is -0.481. The summed E-state index contributed by atoms with van der Waals surface area (Å²) in [4.78, 5) is 25.6. The third-order valence-corrected chi connectivity index (χ3v) is 6.01. The molecular weight excluding hydrogens is 423 g/mol. The molecule has 1 amide bonds. The fourth-order valence-corrected chi connectivity index (χ4v) is 4.05. The van der Waals surface area contributed by atoms with Crippen LogP contribution >= 0.6 is 11.6 Å². The maximum Gasteiger partial charge on any atom is 0.229 e. The molecular formula is C21H26ClFN6O2. The average Bonchev–Trinajstić information content (AvgIpc) is 3.29. The summed E-state index contributed by atoms with van der Waals surface area (Å²) in [6, 6.07) is 1.41. The van der Waals surface area contributed by atoms with Gasteiger partial charge in [0.15, 0.2) is 0 Å². The van der Waals surface area contributed by atoms with Gasteiger partial charge < -0.3 is 20.7 Å². The van der Waals surface area contributed by atoms with Crippen molar-refractivity contribution in [2.24, 2.45) is 11.8 Å². The number of hydrogen-bond donors (Lipinski definition) is 3. The SMILES string of the molecule is O=C(Nc1cc(-c2cncc(NCC3CCOCC3)n2)c(Cl)cn1)[C@@H]1CN[C@H](CF)C1. The first-order valence-electron chi connectivity index (χ1n) is 10.5. The Morgan fingerprint density at radius 2 is 2.10 bits per heavy atom. The zero-order chi connectivity index (χ0) is 21.6. The molecule has 31 heavy (non-hydrogen) atoms. The standard InChI is InChI=1S/C21H26ClFN6O2/c22-17-10-27-19(29-21(30)14-5-15(7-23)25-9-14)6-16(17)18-11-24-12-20(28-18)26-8-13-1-3-31-4-2-13/h6,10-15,25H,1-5,7-9H2,(H,26,28)(H,27,29,30)/t14-,15-/m0/s1. The van der Waals surface area contributed by atoms with E-state index in [-0.39, 0.29) is 17.9 Å². The molecule has 2 aliphatic rings. The number of anilines is 2. The van der Waals surface area contributed by atoms with Crippen LogP contribution < -0.4 is 16.0 Å².